The number of carbonyl (C=O) groups is 2. The third-order valence-electron chi connectivity index (χ3n) is 4.30. The van der Waals surface area contributed by atoms with E-state index in [2.05, 4.69) is 6.92 Å². The largest absolute Gasteiger partial charge is 0.458 e. The first-order chi connectivity index (χ1) is 11.0. The van der Waals surface area contributed by atoms with Crippen molar-refractivity contribution in [2.45, 2.75) is 97.2 Å². The molecule has 0 saturated carbocycles. The second kappa shape index (κ2) is 11.3. The van der Waals surface area contributed by atoms with Crippen molar-refractivity contribution in [3.63, 3.8) is 0 Å². The molecule has 0 N–H and O–H groups in total. The van der Waals surface area contributed by atoms with Gasteiger partial charge in [0.05, 0.1) is 0 Å². The van der Waals surface area contributed by atoms with E-state index in [9.17, 15) is 9.59 Å². The van der Waals surface area contributed by atoms with Gasteiger partial charge in [-0.2, -0.15) is 0 Å². The third kappa shape index (κ3) is 8.19. The molecule has 4 nitrogen and oxygen atoms in total. The molecule has 4 heteroatoms. The quantitative estimate of drug-likeness (QED) is 0.385. The molecule has 0 aromatic rings. The Morgan fingerprint density at radius 1 is 1.13 bits per heavy atom. The summed E-state index contributed by atoms with van der Waals surface area (Å²) in [6, 6.07) is 0. The van der Waals surface area contributed by atoms with E-state index in [1.54, 1.807) is 0 Å². The summed E-state index contributed by atoms with van der Waals surface area (Å²) in [4.78, 5) is 22.6. The van der Waals surface area contributed by atoms with E-state index in [1.807, 2.05) is 6.92 Å². The summed E-state index contributed by atoms with van der Waals surface area (Å²) in [5.74, 6) is -0.643. The number of carbonyl (C=O) groups excluding carboxylic acids is 2. The predicted octanol–water partition coefficient (Wildman–Crippen LogP) is 4.71. The van der Waals surface area contributed by atoms with E-state index in [1.165, 1.54) is 57.9 Å². The van der Waals surface area contributed by atoms with Gasteiger partial charge in [0.1, 0.15) is 12.2 Å². The van der Waals surface area contributed by atoms with Crippen LogP contribution in [0.2, 0.25) is 0 Å². The summed E-state index contributed by atoms with van der Waals surface area (Å²) in [5.41, 5.74) is 0.796. The summed E-state index contributed by atoms with van der Waals surface area (Å²) in [7, 11) is 0. The van der Waals surface area contributed by atoms with Crippen LogP contribution < -0.4 is 0 Å². The average Bonchev–Trinajstić information content (AvgIpc) is 2.82. The van der Waals surface area contributed by atoms with Gasteiger partial charge in [0.2, 0.25) is 0 Å². The van der Waals surface area contributed by atoms with Crippen LogP contribution in [0.1, 0.15) is 85.0 Å². The lowest BCUT2D eigenvalue weighted by Gasteiger charge is -2.20. The van der Waals surface area contributed by atoms with Gasteiger partial charge in [0.15, 0.2) is 0 Å². The minimum absolute atomic E-state index is 0.287. The molecule has 0 spiro atoms. The van der Waals surface area contributed by atoms with Crippen LogP contribution in [0.5, 0.6) is 0 Å². The van der Waals surface area contributed by atoms with Crippen LogP contribution in [0.15, 0.2) is 11.6 Å². The molecule has 0 aromatic carbocycles. The second-order valence-electron chi connectivity index (χ2n) is 6.44. The highest BCUT2D eigenvalue weighted by Gasteiger charge is 2.30. The smallest absolute Gasteiger partial charge is 0.331 e. The molecule has 2 unspecified atom stereocenters. The molecule has 0 radical (unpaired) electrons. The molecule has 1 aliphatic heterocycles. The van der Waals surface area contributed by atoms with E-state index in [0.717, 1.165) is 24.8 Å². The Balaban J connectivity index is 2.23. The number of unbranched alkanes of at least 4 members (excludes halogenated alkanes) is 8. The number of esters is 2. The van der Waals surface area contributed by atoms with Crippen LogP contribution in [0.3, 0.4) is 0 Å². The number of hydrogen-bond donors (Lipinski definition) is 0. The molecule has 0 bridgehead atoms. The van der Waals surface area contributed by atoms with E-state index >= 15 is 0 Å². The Morgan fingerprint density at radius 2 is 1.70 bits per heavy atom. The Bertz CT molecular complexity index is 400. The van der Waals surface area contributed by atoms with Gasteiger partial charge in [-0.05, 0) is 19.8 Å². The molecule has 132 valence electrons. The van der Waals surface area contributed by atoms with Crippen molar-refractivity contribution in [2.75, 3.05) is 0 Å². The SMILES string of the molecule is CCCCCCCCCCCC(OC(C)=O)C1=CC(=O)OC1C. The van der Waals surface area contributed by atoms with Gasteiger partial charge in [-0.1, -0.05) is 58.3 Å². The zero-order valence-corrected chi connectivity index (χ0v) is 14.9. The van der Waals surface area contributed by atoms with Crippen molar-refractivity contribution in [2.24, 2.45) is 0 Å². The van der Waals surface area contributed by atoms with Crippen molar-refractivity contribution < 1.29 is 19.1 Å². The lowest BCUT2D eigenvalue weighted by Crippen LogP contribution is -2.24. The van der Waals surface area contributed by atoms with E-state index in [-0.39, 0.29) is 24.1 Å². The van der Waals surface area contributed by atoms with Gasteiger partial charge in [0.25, 0.3) is 0 Å². The van der Waals surface area contributed by atoms with Gasteiger partial charge in [-0.3, -0.25) is 4.79 Å². The molecular formula is C19H32O4. The maximum absolute atomic E-state index is 11.3. The zero-order valence-electron chi connectivity index (χ0n) is 14.9. The summed E-state index contributed by atoms with van der Waals surface area (Å²) < 4.78 is 10.5. The van der Waals surface area contributed by atoms with Gasteiger partial charge in [-0.15, -0.1) is 0 Å². The zero-order chi connectivity index (χ0) is 17.1. The van der Waals surface area contributed by atoms with Crippen molar-refractivity contribution in [1.82, 2.24) is 0 Å². The average molecular weight is 324 g/mol. The Morgan fingerprint density at radius 3 is 2.17 bits per heavy atom. The summed E-state index contributed by atoms with van der Waals surface area (Å²) in [5, 5.41) is 0. The fourth-order valence-corrected chi connectivity index (χ4v) is 3.02. The maximum Gasteiger partial charge on any atom is 0.331 e. The van der Waals surface area contributed by atoms with Crippen molar-refractivity contribution in [3.8, 4) is 0 Å². The topological polar surface area (TPSA) is 52.6 Å². The first kappa shape index (κ1) is 19.7. The molecule has 1 heterocycles. The van der Waals surface area contributed by atoms with Crippen LogP contribution >= 0.6 is 0 Å². The lowest BCUT2D eigenvalue weighted by atomic mass is 9.99. The van der Waals surface area contributed by atoms with Crippen LogP contribution in [0, 0.1) is 0 Å². The highest BCUT2D eigenvalue weighted by Crippen LogP contribution is 2.25. The molecule has 0 fully saturated rings. The van der Waals surface area contributed by atoms with E-state index < -0.39 is 0 Å². The van der Waals surface area contributed by atoms with Crippen LogP contribution in [-0.4, -0.2) is 24.1 Å². The highest BCUT2D eigenvalue weighted by molar-refractivity contribution is 5.86. The monoisotopic (exact) mass is 324 g/mol. The molecule has 1 rings (SSSR count). The molecule has 0 saturated heterocycles. The predicted molar refractivity (Wildman–Crippen MR) is 91.0 cm³/mol. The molecule has 0 aliphatic carbocycles. The van der Waals surface area contributed by atoms with Gasteiger partial charge in [-0.25, -0.2) is 4.79 Å². The van der Waals surface area contributed by atoms with Crippen molar-refractivity contribution in [1.29, 1.82) is 0 Å². The molecule has 1 aliphatic rings. The highest BCUT2D eigenvalue weighted by atomic mass is 16.6. The van der Waals surface area contributed by atoms with Crippen LogP contribution in [0.25, 0.3) is 0 Å². The summed E-state index contributed by atoms with van der Waals surface area (Å²) >= 11 is 0. The normalized spacial score (nSPS) is 18.5. The van der Waals surface area contributed by atoms with E-state index in [4.69, 9.17) is 9.47 Å². The first-order valence-corrected chi connectivity index (χ1v) is 9.14. The number of hydrogen-bond acceptors (Lipinski definition) is 4. The lowest BCUT2D eigenvalue weighted by molar-refractivity contribution is -0.145. The van der Waals surface area contributed by atoms with Gasteiger partial charge in [0, 0.05) is 18.6 Å². The number of cyclic esters (lactones) is 1. The number of ether oxygens (including phenoxy) is 2. The van der Waals surface area contributed by atoms with Crippen molar-refractivity contribution >= 4 is 11.9 Å². The molecule has 2 atom stereocenters. The Labute approximate surface area is 140 Å². The number of rotatable bonds is 12. The minimum Gasteiger partial charge on any atom is -0.458 e. The molecule has 23 heavy (non-hydrogen) atoms. The van der Waals surface area contributed by atoms with Gasteiger partial charge >= 0.3 is 11.9 Å². The molecule has 0 aromatic heterocycles. The minimum atomic E-state index is -0.336. The summed E-state index contributed by atoms with van der Waals surface area (Å²) in [6.45, 7) is 5.47. The third-order valence-corrected chi connectivity index (χ3v) is 4.30. The van der Waals surface area contributed by atoms with Crippen LogP contribution in [-0.2, 0) is 19.1 Å². The summed E-state index contributed by atoms with van der Waals surface area (Å²) in [6.07, 6.45) is 12.9. The van der Waals surface area contributed by atoms with Crippen LogP contribution in [0.4, 0.5) is 0 Å². The second-order valence-corrected chi connectivity index (χ2v) is 6.44. The fraction of sp³-hybridized carbons (Fsp3) is 0.789. The van der Waals surface area contributed by atoms with E-state index in [0.29, 0.717) is 0 Å². The fourth-order valence-electron chi connectivity index (χ4n) is 3.02. The standard InChI is InChI=1S/C19H32O4/c1-4-5-6-7-8-9-10-11-12-13-18(23-16(3)20)17-14-19(21)22-15(17)2/h14-15,18H,4-13H2,1-3H3. The van der Waals surface area contributed by atoms with Gasteiger partial charge < -0.3 is 9.47 Å². The molecule has 0 amide bonds. The Hall–Kier alpha value is -1.32. The maximum atomic E-state index is 11.3. The van der Waals surface area contributed by atoms with Crippen molar-refractivity contribution in [3.05, 3.63) is 11.6 Å². The first-order valence-electron chi connectivity index (χ1n) is 9.14. The Kier molecular flexibility index (Phi) is 9.65. The molecular weight excluding hydrogens is 292 g/mol.